The second kappa shape index (κ2) is 5.63. The number of hydrogen-bond donors (Lipinski definition) is 0. The molecule has 19 heavy (non-hydrogen) atoms. The predicted molar refractivity (Wildman–Crippen MR) is 73.5 cm³/mol. The zero-order valence-corrected chi connectivity index (χ0v) is 12.2. The summed E-state index contributed by atoms with van der Waals surface area (Å²) in [5.41, 5.74) is -1.04. The van der Waals surface area contributed by atoms with Crippen molar-refractivity contribution in [2.45, 2.75) is 71.3 Å². The summed E-state index contributed by atoms with van der Waals surface area (Å²) in [5.74, 6) is 0.168. The first kappa shape index (κ1) is 14.5. The van der Waals surface area contributed by atoms with E-state index in [0.29, 0.717) is 12.5 Å². The van der Waals surface area contributed by atoms with Gasteiger partial charge in [-0.2, -0.15) is 5.26 Å². The van der Waals surface area contributed by atoms with Crippen molar-refractivity contribution in [2.24, 2.45) is 10.8 Å². The number of ether oxygens (including phenoxy) is 1. The van der Waals surface area contributed by atoms with E-state index in [4.69, 9.17) is 4.74 Å². The van der Waals surface area contributed by atoms with Crippen LogP contribution < -0.4 is 0 Å². The normalized spacial score (nSPS) is 34.2. The van der Waals surface area contributed by atoms with Crippen LogP contribution in [0, 0.1) is 22.2 Å². The van der Waals surface area contributed by atoms with Crippen LogP contribution in [-0.4, -0.2) is 18.5 Å². The second-order valence-electron chi connectivity index (χ2n) is 6.79. The monoisotopic (exact) mass is 263 g/mol. The highest BCUT2D eigenvalue weighted by Gasteiger charge is 2.48. The Labute approximate surface area is 116 Å². The van der Waals surface area contributed by atoms with Crippen molar-refractivity contribution in [3.05, 3.63) is 0 Å². The van der Waals surface area contributed by atoms with Crippen LogP contribution in [0.1, 0.15) is 65.2 Å². The summed E-state index contributed by atoms with van der Waals surface area (Å²) in [6, 6.07) is 2.36. The van der Waals surface area contributed by atoms with Crippen LogP contribution in [0.2, 0.25) is 0 Å². The molecule has 1 heterocycles. The third-order valence-electron chi connectivity index (χ3n) is 4.82. The van der Waals surface area contributed by atoms with E-state index in [1.165, 1.54) is 0 Å². The van der Waals surface area contributed by atoms with Crippen LogP contribution in [-0.2, 0) is 9.53 Å². The molecule has 2 unspecified atom stereocenters. The Balaban J connectivity index is 1.94. The van der Waals surface area contributed by atoms with Crippen LogP contribution in [0.25, 0.3) is 0 Å². The SMILES string of the molecule is CC1(C)CCCC(C#N)(CCCC2CCCO2)C1=O. The minimum atomic E-state index is -0.722. The standard InChI is InChI=1S/C16H25NO2/c1-15(2)8-5-10-16(12-17,14(15)18)9-3-6-13-7-4-11-19-13/h13H,3-11H2,1-2H3. The molecular formula is C16H25NO2. The molecule has 0 aromatic rings. The van der Waals surface area contributed by atoms with Gasteiger partial charge in [-0.15, -0.1) is 0 Å². The Hall–Kier alpha value is -0.880. The molecule has 1 aliphatic carbocycles. The minimum Gasteiger partial charge on any atom is -0.378 e. The van der Waals surface area contributed by atoms with E-state index in [0.717, 1.165) is 51.6 Å². The van der Waals surface area contributed by atoms with Gasteiger partial charge in [-0.25, -0.2) is 0 Å². The summed E-state index contributed by atoms with van der Waals surface area (Å²) in [4.78, 5) is 12.6. The Kier molecular flexibility index (Phi) is 4.30. The highest BCUT2D eigenvalue weighted by atomic mass is 16.5. The van der Waals surface area contributed by atoms with Crippen molar-refractivity contribution in [3.63, 3.8) is 0 Å². The summed E-state index contributed by atoms with van der Waals surface area (Å²) in [5, 5.41) is 9.53. The van der Waals surface area contributed by atoms with Crippen molar-refractivity contribution >= 4 is 5.78 Å². The molecule has 1 aliphatic heterocycles. The van der Waals surface area contributed by atoms with Gasteiger partial charge in [0.25, 0.3) is 0 Å². The average Bonchev–Trinajstić information content (AvgIpc) is 2.88. The maximum Gasteiger partial charge on any atom is 0.158 e. The van der Waals surface area contributed by atoms with Gasteiger partial charge in [0.05, 0.1) is 12.2 Å². The van der Waals surface area contributed by atoms with E-state index in [2.05, 4.69) is 6.07 Å². The highest BCUT2D eigenvalue weighted by molar-refractivity contribution is 5.92. The molecular weight excluding hydrogens is 238 g/mol. The van der Waals surface area contributed by atoms with Gasteiger partial charge in [-0.3, -0.25) is 4.79 Å². The first-order valence-electron chi connectivity index (χ1n) is 7.58. The molecule has 2 rings (SSSR count). The van der Waals surface area contributed by atoms with E-state index >= 15 is 0 Å². The van der Waals surface area contributed by atoms with Crippen molar-refractivity contribution in [3.8, 4) is 6.07 Å². The van der Waals surface area contributed by atoms with Gasteiger partial charge in [-0.1, -0.05) is 20.3 Å². The van der Waals surface area contributed by atoms with Gasteiger partial charge in [0.15, 0.2) is 5.78 Å². The van der Waals surface area contributed by atoms with E-state index in [1.807, 2.05) is 13.8 Å². The maximum absolute atomic E-state index is 12.6. The topological polar surface area (TPSA) is 50.1 Å². The number of nitriles is 1. The van der Waals surface area contributed by atoms with Gasteiger partial charge >= 0.3 is 0 Å². The lowest BCUT2D eigenvalue weighted by Crippen LogP contribution is -2.43. The van der Waals surface area contributed by atoms with Gasteiger partial charge in [0.2, 0.25) is 0 Å². The van der Waals surface area contributed by atoms with Gasteiger partial charge in [-0.05, 0) is 44.9 Å². The highest BCUT2D eigenvalue weighted by Crippen LogP contribution is 2.45. The molecule has 1 saturated heterocycles. The van der Waals surface area contributed by atoms with Gasteiger partial charge in [0.1, 0.15) is 5.41 Å². The molecule has 0 radical (unpaired) electrons. The number of rotatable bonds is 4. The second-order valence-corrected chi connectivity index (χ2v) is 6.79. The number of carbonyl (C=O) groups is 1. The molecule has 0 spiro atoms. The summed E-state index contributed by atoms with van der Waals surface area (Å²) in [6.45, 7) is 4.85. The fraction of sp³-hybridized carbons (Fsp3) is 0.875. The largest absolute Gasteiger partial charge is 0.378 e. The number of ketones is 1. The number of nitrogens with zero attached hydrogens (tertiary/aromatic N) is 1. The van der Waals surface area contributed by atoms with Crippen molar-refractivity contribution in [2.75, 3.05) is 6.61 Å². The van der Waals surface area contributed by atoms with Crippen molar-refractivity contribution in [1.82, 2.24) is 0 Å². The molecule has 2 fully saturated rings. The molecule has 0 N–H and O–H groups in total. The number of carbonyl (C=O) groups excluding carboxylic acids is 1. The molecule has 3 heteroatoms. The molecule has 0 aromatic heterocycles. The minimum absolute atomic E-state index is 0.168. The number of Topliss-reactive ketones (excluding diaryl/α,β-unsaturated/α-hetero) is 1. The first-order valence-corrected chi connectivity index (χ1v) is 7.58. The molecule has 2 atom stereocenters. The van der Waals surface area contributed by atoms with Crippen LogP contribution in [0.5, 0.6) is 0 Å². The lowest BCUT2D eigenvalue weighted by atomic mass is 9.61. The molecule has 2 aliphatic rings. The quantitative estimate of drug-likeness (QED) is 0.778. The average molecular weight is 263 g/mol. The molecule has 106 valence electrons. The molecule has 3 nitrogen and oxygen atoms in total. The van der Waals surface area contributed by atoms with Gasteiger partial charge in [0, 0.05) is 12.0 Å². The van der Waals surface area contributed by atoms with E-state index in [9.17, 15) is 10.1 Å². The zero-order valence-electron chi connectivity index (χ0n) is 12.2. The Morgan fingerprint density at radius 2 is 2.16 bits per heavy atom. The fourth-order valence-electron chi connectivity index (χ4n) is 3.61. The van der Waals surface area contributed by atoms with Gasteiger partial charge < -0.3 is 4.74 Å². The van der Waals surface area contributed by atoms with E-state index < -0.39 is 5.41 Å². The molecule has 0 aromatic carbocycles. The Morgan fingerprint density at radius 1 is 1.37 bits per heavy atom. The first-order chi connectivity index (χ1) is 9.00. The third-order valence-corrected chi connectivity index (χ3v) is 4.82. The Bertz CT molecular complexity index is 377. The summed E-state index contributed by atoms with van der Waals surface area (Å²) in [6.07, 6.45) is 7.95. The predicted octanol–water partition coefficient (Wildman–Crippen LogP) is 3.62. The summed E-state index contributed by atoms with van der Waals surface area (Å²) < 4.78 is 5.61. The zero-order chi connectivity index (χ0) is 13.9. The Morgan fingerprint density at radius 3 is 2.79 bits per heavy atom. The van der Waals surface area contributed by atoms with Crippen molar-refractivity contribution in [1.29, 1.82) is 5.26 Å². The van der Waals surface area contributed by atoms with Crippen LogP contribution in [0.3, 0.4) is 0 Å². The smallest absolute Gasteiger partial charge is 0.158 e. The molecule has 0 amide bonds. The third kappa shape index (κ3) is 3.00. The summed E-state index contributed by atoms with van der Waals surface area (Å²) >= 11 is 0. The lowest BCUT2D eigenvalue weighted by Gasteiger charge is -2.39. The van der Waals surface area contributed by atoms with E-state index in [-0.39, 0.29) is 11.2 Å². The van der Waals surface area contributed by atoms with Crippen LogP contribution >= 0.6 is 0 Å². The van der Waals surface area contributed by atoms with E-state index in [1.54, 1.807) is 0 Å². The molecule has 1 saturated carbocycles. The summed E-state index contributed by atoms with van der Waals surface area (Å²) in [7, 11) is 0. The van der Waals surface area contributed by atoms with Crippen molar-refractivity contribution < 1.29 is 9.53 Å². The number of hydrogen-bond acceptors (Lipinski definition) is 3. The maximum atomic E-state index is 12.6. The lowest BCUT2D eigenvalue weighted by molar-refractivity contribution is -0.138. The van der Waals surface area contributed by atoms with Crippen LogP contribution in [0.4, 0.5) is 0 Å². The van der Waals surface area contributed by atoms with Crippen LogP contribution in [0.15, 0.2) is 0 Å². The fourth-order valence-corrected chi connectivity index (χ4v) is 3.61. The molecule has 0 bridgehead atoms.